The minimum atomic E-state index is -0.788. The molecule has 0 aliphatic rings. The minimum absolute atomic E-state index is 0.213. The Labute approximate surface area is 203 Å². The Morgan fingerprint density at radius 1 is 0.941 bits per heavy atom. The molecule has 0 fully saturated rings. The lowest BCUT2D eigenvalue weighted by molar-refractivity contribution is -0.136. The van der Waals surface area contributed by atoms with Gasteiger partial charge >= 0.3 is 11.8 Å². The molecule has 0 spiro atoms. The van der Waals surface area contributed by atoms with Crippen molar-refractivity contribution in [2.24, 2.45) is 0 Å². The minimum Gasteiger partial charge on any atom is -0.439 e. The molecule has 0 bridgehead atoms. The number of ether oxygens (including phenoxy) is 3. The molecule has 3 rings (SSSR count). The van der Waals surface area contributed by atoms with E-state index in [0.717, 1.165) is 11.1 Å². The summed E-state index contributed by atoms with van der Waals surface area (Å²) in [5.74, 6) is -0.621. The van der Waals surface area contributed by atoms with Crippen LogP contribution in [-0.2, 0) is 32.2 Å². The van der Waals surface area contributed by atoms with Crippen molar-refractivity contribution in [2.45, 2.75) is 20.1 Å². The van der Waals surface area contributed by atoms with Gasteiger partial charge in [-0.2, -0.15) is 0 Å². The van der Waals surface area contributed by atoms with Crippen molar-refractivity contribution in [1.82, 2.24) is 10.3 Å². The zero-order chi connectivity index (χ0) is 24.2. The smallest absolute Gasteiger partial charge is 0.313 e. The second-order valence-electron chi connectivity index (χ2n) is 7.15. The highest BCUT2D eigenvalue weighted by Gasteiger charge is 2.14. The van der Waals surface area contributed by atoms with E-state index in [1.54, 1.807) is 36.4 Å². The van der Waals surface area contributed by atoms with E-state index in [4.69, 9.17) is 25.8 Å². The SMILES string of the molecule is CCOCCOCc1cccc(CNC(=O)C(=O)Nc2ccc(Oc3ccc(Cl)cc3)nc2)c1. The van der Waals surface area contributed by atoms with E-state index >= 15 is 0 Å². The summed E-state index contributed by atoms with van der Waals surface area (Å²) in [6, 6.07) is 17.6. The summed E-state index contributed by atoms with van der Waals surface area (Å²) in [6.45, 7) is 4.31. The first-order valence-electron chi connectivity index (χ1n) is 10.8. The third kappa shape index (κ3) is 8.47. The number of benzene rings is 2. The second-order valence-corrected chi connectivity index (χ2v) is 7.58. The zero-order valence-corrected chi connectivity index (χ0v) is 19.5. The van der Waals surface area contributed by atoms with Crippen molar-refractivity contribution in [3.63, 3.8) is 0 Å². The summed E-state index contributed by atoms with van der Waals surface area (Å²) in [4.78, 5) is 28.5. The predicted molar refractivity (Wildman–Crippen MR) is 129 cm³/mol. The molecule has 0 saturated carbocycles. The molecular weight excluding hydrogens is 458 g/mol. The van der Waals surface area contributed by atoms with E-state index in [9.17, 15) is 9.59 Å². The lowest BCUT2D eigenvalue weighted by Gasteiger charge is -2.09. The number of nitrogens with zero attached hydrogens (tertiary/aromatic N) is 1. The van der Waals surface area contributed by atoms with Crippen molar-refractivity contribution in [3.05, 3.63) is 83.0 Å². The Bertz CT molecular complexity index is 1070. The highest BCUT2D eigenvalue weighted by molar-refractivity contribution is 6.39. The van der Waals surface area contributed by atoms with E-state index in [1.165, 1.54) is 6.20 Å². The fraction of sp³-hybridized carbons (Fsp3) is 0.240. The average molecular weight is 484 g/mol. The Hall–Kier alpha value is -3.46. The number of carbonyl (C=O) groups excluding carboxylic acids is 2. The maximum atomic E-state index is 12.2. The number of aromatic nitrogens is 1. The van der Waals surface area contributed by atoms with Crippen molar-refractivity contribution >= 4 is 29.1 Å². The fourth-order valence-electron chi connectivity index (χ4n) is 2.87. The van der Waals surface area contributed by atoms with Gasteiger partial charge in [-0.3, -0.25) is 9.59 Å². The molecule has 3 aromatic rings. The number of hydrogen-bond acceptors (Lipinski definition) is 6. The quantitative estimate of drug-likeness (QED) is 0.311. The molecule has 1 heterocycles. The van der Waals surface area contributed by atoms with Crippen LogP contribution in [0.1, 0.15) is 18.1 Å². The van der Waals surface area contributed by atoms with Crippen LogP contribution in [0.15, 0.2) is 66.9 Å². The molecular formula is C25H26ClN3O5. The van der Waals surface area contributed by atoms with Crippen LogP contribution >= 0.6 is 11.6 Å². The summed E-state index contributed by atoms with van der Waals surface area (Å²) in [6.07, 6.45) is 1.41. The highest BCUT2D eigenvalue weighted by atomic mass is 35.5. The third-order valence-electron chi connectivity index (χ3n) is 4.53. The summed E-state index contributed by atoms with van der Waals surface area (Å²) < 4.78 is 16.4. The van der Waals surface area contributed by atoms with Crippen molar-refractivity contribution in [2.75, 3.05) is 25.1 Å². The van der Waals surface area contributed by atoms with Crippen LogP contribution in [0.25, 0.3) is 0 Å². The molecule has 2 N–H and O–H groups in total. The van der Waals surface area contributed by atoms with Crippen molar-refractivity contribution in [1.29, 1.82) is 0 Å². The zero-order valence-electron chi connectivity index (χ0n) is 18.8. The molecule has 8 nitrogen and oxygen atoms in total. The van der Waals surface area contributed by atoms with Crippen LogP contribution in [0, 0.1) is 0 Å². The largest absolute Gasteiger partial charge is 0.439 e. The standard InChI is InChI=1S/C25H26ClN3O5/c1-2-32-12-13-33-17-19-5-3-4-18(14-19)15-28-24(30)25(31)29-21-8-11-23(27-16-21)34-22-9-6-20(26)7-10-22/h3-11,14,16H,2,12-13,15,17H2,1H3,(H,28,30)(H,29,31). The summed E-state index contributed by atoms with van der Waals surface area (Å²) in [7, 11) is 0. The van der Waals surface area contributed by atoms with E-state index in [-0.39, 0.29) is 6.54 Å². The molecule has 2 amide bonds. The number of nitrogens with one attached hydrogen (secondary N) is 2. The van der Waals surface area contributed by atoms with Gasteiger partial charge in [-0.1, -0.05) is 35.9 Å². The molecule has 34 heavy (non-hydrogen) atoms. The fourth-order valence-corrected chi connectivity index (χ4v) is 3.00. The first kappa shape index (κ1) is 25.2. The van der Waals surface area contributed by atoms with Gasteiger partial charge in [0, 0.05) is 24.2 Å². The lowest BCUT2D eigenvalue weighted by Crippen LogP contribution is -2.35. The Balaban J connectivity index is 1.43. The van der Waals surface area contributed by atoms with Gasteiger partial charge in [-0.25, -0.2) is 4.98 Å². The number of rotatable bonds is 11. The third-order valence-corrected chi connectivity index (χ3v) is 4.78. The Morgan fingerprint density at radius 3 is 2.44 bits per heavy atom. The molecule has 0 atom stereocenters. The van der Waals surface area contributed by atoms with Gasteiger partial charge in [-0.05, 0) is 48.4 Å². The number of pyridine rings is 1. The van der Waals surface area contributed by atoms with Crippen LogP contribution in [-0.4, -0.2) is 36.6 Å². The topological polar surface area (TPSA) is 98.8 Å². The predicted octanol–water partition coefficient (Wildman–Crippen LogP) is 4.34. The number of anilines is 1. The van der Waals surface area contributed by atoms with Crippen LogP contribution in [0.2, 0.25) is 5.02 Å². The maximum Gasteiger partial charge on any atom is 0.313 e. The molecule has 0 aliphatic heterocycles. The maximum absolute atomic E-state index is 12.2. The molecule has 9 heteroatoms. The van der Waals surface area contributed by atoms with E-state index in [2.05, 4.69) is 15.6 Å². The Morgan fingerprint density at radius 2 is 1.71 bits per heavy atom. The highest BCUT2D eigenvalue weighted by Crippen LogP contribution is 2.22. The van der Waals surface area contributed by atoms with Gasteiger partial charge in [0.2, 0.25) is 5.88 Å². The monoisotopic (exact) mass is 483 g/mol. The summed E-state index contributed by atoms with van der Waals surface area (Å²) in [5.41, 5.74) is 2.20. The van der Waals surface area contributed by atoms with Crippen LogP contribution in [0.5, 0.6) is 11.6 Å². The van der Waals surface area contributed by atoms with Gasteiger partial charge in [0.1, 0.15) is 5.75 Å². The normalized spacial score (nSPS) is 10.5. The van der Waals surface area contributed by atoms with Gasteiger partial charge < -0.3 is 24.8 Å². The molecule has 2 aromatic carbocycles. The Kier molecular flexibility index (Phi) is 9.84. The van der Waals surface area contributed by atoms with Crippen molar-refractivity contribution in [3.8, 4) is 11.6 Å². The molecule has 0 radical (unpaired) electrons. The first-order valence-corrected chi connectivity index (χ1v) is 11.1. The number of carbonyl (C=O) groups is 2. The van der Waals surface area contributed by atoms with Gasteiger partial charge in [-0.15, -0.1) is 0 Å². The number of amides is 2. The van der Waals surface area contributed by atoms with Crippen LogP contribution in [0.4, 0.5) is 5.69 Å². The van der Waals surface area contributed by atoms with E-state index in [1.807, 2.05) is 31.2 Å². The summed E-state index contributed by atoms with van der Waals surface area (Å²) >= 11 is 5.85. The summed E-state index contributed by atoms with van der Waals surface area (Å²) in [5, 5.41) is 5.73. The number of hydrogen-bond donors (Lipinski definition) is 2. The molecule has 0 unspecified atom stereocenters. The molecule has 1 aromatic heterocycles. The number of halogens is 1. The molecule has 178 valence electrons. The lowest BCUT2D eigenvalue weighted by atomic mass is 10.1. The van der Waals surface area contributed by atoms with E-state index in [0.29, 0.717) is 48.8 Å². The molecule has 0 aliphatic carbocycles. The average Bonchev–Trinajstić information content (AvgIpc) is 2.85. The second kappa shape index (κ2) is 13.3. The van der Waals surface area contributed by atoms with Crippen molar-refractivity contribution < 1.29 is 23.8 Å². The van der Waals surface area contributed by atoms with Gasteiger partial charge in [0.15, 0.2) is 0 Å². The van der Waals surface area contributed by atoms with Crippen LogP contribution < -0.4 is 15.4 Å². The van der Waals surface area contributed by atoms with E-state index < -0.39 is 11.8 Å². The van der Waals surface area contributed by atoms with Gasteiger partial charge in [0.25, 0.3) is 0 Å². The first-order chi connectivity index (χ1) is 16.5. The van der Waals surface area contributed by atoms with Gasteiger partial charge in [0.05, 0.1) is 31.7 Å². The van der Waals surface area contributed by atoms with Crippen LogP contribution in [0.3, 0.4) is 0 Å². The molecule has 0 saturated heterocycles.